The van der Waals surface area contributed by atoms with Gasteiger partial charge in [-0.15, -0.1) is 0 Å². The van der Waals surface area contributed by atoms with Gasteiger partial charge in [0, 0.05) is 11.1 Å². The second kappa shape index (κ2) is 3.81. The number of aromatic amines is 1. The van der Waals surface area contributed by atoms with Gasteiger partial charge in [-0.1, -0.05) is 12.1 Å². The molecule has 1 aromatic heterocycles. The van der Waals surface area contributed by atoms with Gasteiger partial charge in [0.2, 0.25) is 0 Å². The fraction of sp³-hybridized carbons (Fsp3) is 0.357. The molecule has 0 radical (unpaired) electrons. The van der Waals surface area contributed by atoms with Crippen molar-refractivity contribution < 1.29 is 4.74 Å². The first-order valence-corrected chi connectivity index (χ1v) is 5.92. The molecule has 0 saturated carbocycles. The number of hydrogen-bond acceptors (Lipinski definition) is 2. The van der Waals surface area contributed by atoms with Gasteiger partial charge in [0.1, 0.15) is 5.75 Å². The number of benzene rings is 1. The van der Waals surface area contributed by atoms with Crippen molar-refractivity contribution >= 4 is 10.9 Å². The second-order valence-electron chi connectivity index (χ2n) is 4.47. The number of aromatic nitrogens is 1. The molecule has 1 unspecified atom stereocenters. The molecule has 0 saturated heterocycles. The zero-order chi connectivity index (χ0) is 11.8. The molecule has 1 heterocycles. The minimum Gasteiger partial charge on any atom is -0.495 e. The fourth-order valence-corrected chi connectivity index (χ4v) is 2.79. The van der Waals surface area contributed by atoms with Crippen molar-refractivity contribution in [2.75, 3.05) is 7.11 Å². The van der Waals surface area contributed by atoms with E-state index in [0.717, 1.165) is 35.9 Å². The van der Waals surface area contributed by atoms with E-state index in [-0.39, 0.29) is 5.92 Å². The van der Waals surface area contributed by atoms with Crippen LogP contribution in [-0.2, 0) is 6.42 Å². The Morgan fingerprint density at radius 3 is 3.12 bits per heavy atom. The number of nitriles is 1. The van der Waals surface area contributed by atoms with E-state index in [2.05, 4.69) is 17.1 Å². The van der Waals surface area contributed by atoms with Crippen LogP contribution in [0.2, 0.25) is 0 Å². The SMILES string of the molecule is COc1cccc2c3c([nH]c12)CCCC3C#N. The van der Waals surface area contributed by atoms with E-state index in [4.69, 9.17) is 4.74 Å². The zero-order valence-electron chi connectivity index (χ0n) is 9.79. The third kappa shape index (κ3) is 1.41. The van der Waals surface area contributed by atoms with Crippen LogP contribution in [-0.4, -0.2) is 12.1 Å². The molecule has 1 aliphatic rings. The Hall–Kier alpha value is -1.95. The van der Waals surface area contributed by atoms with E-state index in [9.17, 15) is 5.26 Å². The first-order valence-electron chi connectivity index (χ1n) is 5.92. The van der Waals surface area contributed by atoms with Crippen LogP contribution in [0.15, 0.2) is 18.2 Å². The summed E-state index contributed by atoms with van der Waals surface area (Å²) in [6.45, 7) is 0. The summed E-state index contributed by atoms with van der Waals surface area (Å²) < 4.78 is 5.36. The van der Waals surface area contributed by atoms with Crippen LogP contribution in [0.4, 0.5) is 0 Å². The molecule has 0 aliphatic heterocycles. The molecule has 1 N–H and O–H groups in total. The highest BCUT2D eigenvalue weighted by Gasteiger charge is 2.25. The molecular formula is C14H14N2O. The lowest BCUT2D eigenvalue weighted by atomic mass is 9.86. The maximum absolute atomic E-state index is 9.25. The monoisotopic (exact) mass is 226 g/mol. The smallest absolute Gasteiger partial charge is 0.142 e. The van der Waals surface area contributed by atoms with Gasteiger partial charge in [0.25, 0.3) is 0 Å². The van der Waals surface area contributed by atoms with Crippen molar-refractivity contribution in [3.05, 3.63) is 29.5 Å². The Bertz CT molecular complexity index is 606. The Balaban J connectivity index is 2.32. The predicted octanol–water partition coefficient (Wildman–Crippen LogP) is 3.12. The topological polar surface area (TPSA) is 48.8 Å². The largest absolute Gasteiger partial charge is 0.495 e. The van der Waals surface area contributed by atoms with Gasteiger partial charge < -0.3 is 9.72 Å². The van der Waals surface area contributed by atoms with Gasteiger partial charge in [-0.25, -0.2) is 0 Å². The average molecular weight is 226 g/mol. The molecule has 3 heteroatoms. The summed E-state index contributed by atoms with van der Waals surface area (Å²) >= 11 is 0. The average Bonchev–Trinajstić information content (AvgIpc) is 2.76. The van der Waals surface area contributed by atoms with Crippen LogP contribution in [0.5, 0.6) is 5.75 Å². The molecule has 2 aromatic rings. The highest BCUT2D eigenvalue weighted by atomic mass is 16.5. The number of nitrogens with one attached hydrogen (secondary N) is 1. The van der Waals surface area contributed by atoms with Crippen LogP contribution in [0.1, 0.15) is 30.0 Å². The molecule has 1 atom stereocenters. The molecular weight excluding hydrogens is 212 g/mol. The van der Waals surface area contributed by atoms with E-state index < -0.39 is 0 Å². The summed E-state index contributed by atoms with van der Waals surface area (Å²) in [5.74, 6) is 0.883. The highest BCUT2D eigenvalue weighted by Crippen LogP contribution is 2.39. The van der Waals surface area contributed by atoms with E-state index in [1.807, 2.05) is 12.1 Å². The number of methoxy groups -OCH3 is 1. The molecule has 86 valence electrons. The number of rotatable bonds is 1. The van der Waals surface area contributed by atoms with E-state index in [0.29, 0.717) is 0 Å². The van der Waals surface area contributed by atoms with Gasteiger partial charge in [-0.2, -0.15) is 5.26 Å². The standard InChI is InChI=1S/C14H14N2O/c1-17-12-7-3-5-10-13-9(8-15)4-2-6-11(13)16-14(10)12/h3,5,7,9,16H,2,4,6H2,1H3. The minimum atomic E-state index is 0.0274. The third-order valence-electron chi connectivity index (χ3n) is 3.56. The third-order valence-corrected chi connectivity index (χ3v) is 3.56. The number of ether oxygens (including phenoxy) is 1. The van der Waals surface area contributed by atoms with Gasteiger partial charge in [0.15, 0.2) is 0 Å². The quantitative estimate of drug-likeness (QED) is 0.812. The van der Waals surface area contributed by atoms with Crippen LogP contribution in [0.25, 0.3) is 10.9 Å². The van der Waals surface area contributed by atoms with Crippen LogP contribution in [0, 0.1) is 11.3 Å². The van der Waals surface area contributed by atoms with Crippen LogP contribution >= 0.6 is 0 Å². The maximum Gasteiger partial charge on any atom is 0.142 e. The van der Waals surface area contributed by atoms with Gasteiger partial charge in [0.05, 0.1) is 24.6 Å². The Morgan fingerprint density at radius 1 is 1.47 bits per heavy atom. The van der Waals surface area contributed by atoms with Crippen molar-refractivity contribution in [2.24, 2.45) is 0 Å². The van der Waals surface area contributed by atoms with Crippen molar-refractivity contribution in [1.29, 1.82) is 5.26 Å². The molecule has 0 fully saturated rings. The summed E-state index contributed by atoms with van der Waals surface area (Å²) in [7, 11) is 1.68. The van der Waals surface area contributed by atoms with Crippen molar-refractivity contribution in [3.63, 3.8) is 0 Å². The molecule has 17 heavy (non-hydrogen) atoms. The Labute approximate surface area is 100 Å². The highest BCUT2D eigenvalue weighted by molar-refractivity contribution is 5.90. The molecule has 3 rings (SSSR count). The zero-order valence-corrected chi connectivity index (χ0v) is 9.79. The van der Waals surface area contributed by atoms with Crippen molar-refractivity contribution in [3.8, 4) is 11.8 Å². The molecule has 0 bridgehead atoms. The number of H-pyrrole nitrogens is 1. The number of fused-ring (bicyclic) bond motifs is 3. The first-order chi connectivity index (χ1) is 8.35. The lowest BCUT2D eigenvalue weighted by Gasteiger charge is -2.16. The Morgan fingerprint density at radius 2 is 2.35 bits per heavy atom. The number of aryl methyl sites for hydroxylation is 1. The van der Waals surface area contributed by atoms with Gasteiger partial charge in [-0.3, -0.25) is 0 Å². The number of nitrogens with zero attached hydrogens (tertiary/aromatic N) is 1. The summed E-state index contributed by atoms with van der Waals surface area (Å²) in [5, 5.41) is 10.4. The van der Waals surface area contributed by atoms with Gasteiger partial charge in [-0.05, 0) is 30.9 Å². The lowest BCUT2D eigenvalue weighted by molar-refractivity contribution is 0.419. The van der Waals surface area contributed by atoms with Crippen molar-refractivity contribution in [1.82, 2.24) is 4.98 Å². The summed E-state index contributed by atoms with van der Waals surface area (Å²) in [5.41, 5.74) is 3.43. The van der Waals surface area contributed by atoms with Gasteiger partial charge >= 0.3 is 0 Å². The summed E-state index contributed by atoms with van der Waals surface area (Å²) in [4.78, 5) is 3.42. The second-order valence-corrected chi connectivity index (χ2v) is 4.47. The number of hydrogen-bond donors (Lipinski definition) is 1. The summed E-state index contributed by atoms with van der Waals surface area (Å²) in [6, 6.07) is 8.42. The lowest BCUT2D eigenvalue weighted by Crippen LogP contribution is -2.06. The molecule has 1 aliphatic carbocycles. The fourth-order valence-electron chi connectivity index (χ4n) is 2.79. The first kappa shape index (κ1) is 10.2. The predicted molar refractivity (Wildman–Crippen MR) is 66.1 cm³/mol. The van der Waals surface area contributed by atoms with Crippen molar-refractivity contribution in [2.45, 2.75) is 25.2 Å². The molecule has 3 nitrogen and oxygen atoms in total. The van der Waals surface area contributed by atoms with E-state index in [1.54, 1.807) is 7.11 Å². The normalized spacial score (nSPS) is 18.7. The summed E-state index contributed by atoms with van der Waals surface area (Å²) in [6.07, 6.45) is 3.08. The number of para-hydroxylation sites is 1. The minimum absolute atomic E-state index is 0.0274. The molecule has 0 amide bonds. The molecule has 0 spiro atoms. The van der Waals surface area contributed by atoms with E-state index in [1.165, 1.54) is 11.3 Å². The van der Waals surface area contributed by atoms with Crippen LogP contribution < -0.4 is 4.74 Å². The molecule has 1 aromatic carbocycles. The maximum atomic E-state index is 9.25. The van der Waals surface area contributed by atoms with E-state index >= 15 is 0 Å². The Kier molecular flexibility index (Phi) is 2.29. The van der Waals surface area contributed by atoms with Crippen LogP contribution in [0.3, 0.4) is 0 Å².